The predicted molar refractivity (Wildman–Crippen MR) is 84.2 cm³/mol. The van der Waals surface area contributed by atoms with Gasteiger partial charge in [-0.3, -0.25) is 0 Å². The Kier molecular flexibility index (Phi) is 6.23. The van der Waals surface area contributed by atoms with Crippen LogP contribution in [0.5, 0.6) is 11.5 Å². The van der Waals surface area contributed by atoms with E-state index in [0.29, 0.717) is 23.1 Å². The van der Waals surface area contributed by atoms with Crippen molar-refractivity contribution >= 4 is 17.2 Å². The molecule has 0 saturated carbocycles. The summed E-state index contributed by atoms with van der Waals surface area (Å²) < 4.78 is 11.0. The molecule has 0 heterocycles. The van der Waals surface area contributed by atoms with Gasteiger partial charge in [-0.1, -0.05) is 32.1 Å². The fourth-order valence-electron chi connectivity index (χ4n) is 1.75. The number of methoxy groups -OCH3 is 1. The number of aliphatic hydroxyl groups excluding tert-OH is 1. The highest BCUT2D eigenvalue weighted by atomic mass is 32.1. The van der Waals surface area contributed by atoms with Crippen LogP contribution >= 0.6 is 12.2 Å². The number of nitrogens with two attached hydrogens (primary N) is 1. The molecule has 0 unspecified atom stereocenters. The molecule has 112 valence electrons. The molecule has 1 rings (SSSR count). The first-order valence-electron chi connectivity index (χ1n) is 6.61. The van der Waals surface area contributed by atoms with Crippen LogP contribution in [-0.2, 0) is 6.61 Å². The van der Waals surface area contributed by atoms with Crippen LogP contribution < -0.4 is 15.2 Å². The zero-order valence-electron chi connectivity index (χ0n) is 12.3. The minimum atomic E-state index is -0.149. The molecule has 0 saturated heterocycles. The molecule has 0 atom stereocenters. The average Bonchev–Trinajstić information content (AvgIpc) is 2.43. The number of hydrogen-bond acceptors (Lipinski definition) is 4. The Balaban J connectivity index is 2.52. The van der Waals surface area contributed by atoms with Crippen molar-refractivity contribution in [3.63, 3.8) is 0 Å². The van der Waals surface area contributed by atoms with Crippen molar-refractivity contribution in [2.75, 3.05) is 13.7 Å². The minimum absolute atomic E-state index is 0.0151. The summed E-state index contributed by atoms with van der Waals surface area (Å²) in [5.41, 5.74) is 6.33. The minimum Gasteiger partial charge on any atom is -0.493 e. The normalized spacial score (nSPS) is 11.2. The highest BCUT2D eigenvalue weighted by molar-refractivity contribution is 7.80. The fraction of sp³-hybridized carbons (Fsp3) is 0.533. The molecule has 0 aliphatic rings. The number of rotatable bonds is 8. The number of ether oxygens (including phenoxy) is 2. The predicted octanol–water partition coefficient (Wildman–Crippen LogP) is 2.66. The Morgan fingerprint density at radius 3 is 2.60 bits per heavy atom. The number of aliphatic hydroxyl groups is 1. The first-order chi connectivity index (χ1) is 9.40. The van der Waals surface area contributed by atoms with E-state index in [4.69, 9.17) is 32.5 Å². The van der Waals surface area contributed by atoms with Crippen molar-refractivity contribution < 1.29 is 14.6 Å². The van der Waals surface area contributed by atoms with Crippen molar-refractivity contribution in [3.8, 4) is 11.5 Å². The molecule has 0 aliphatic carbocycles. The second-order valence-electron chi connectivity index (χ2n) is 5.34. The Morgan fingerprint density at radius 2 is 2.05 bits per heavy atom. The molecule has 20 heavy (non-hydrogen) atoms. The van der Waals surface area contributed by atoms with Gasteiger partial charge in [0.05, 0.1) is 25.3 Å². The maximum atomic E-state index is 9.08. The number of benzene rings is 1. The summed E-state index contributed by atoms with van der Waals surface area (Å²) >= 11 is 5.04. The van der Waals surface area contributed by atoms with Gasteiger partial charge in [0.15, 0.2) is 11.5 Å². The van der Waals surface area contributed by atoms with E-state index in [1.165, 1.54) is 0 Å². The van der Waals surface area contributed by atoms with Crippen molar-refractivity contribution in [2.24, 2.45) is 11.1 Å². The summed E-state index contributed by atoms with van der Waals surface area (Å²) in [5, 5.41) is 9.08. The molecule has 0 radical (unpaired) electrons. The summed E-state index contributed by atoms with van der Waals surface area (Å²) in [6.45, 7) is 4.62. The maximum absolute atomic E-state index is 9.08. The van der Waals surface area contributed by atoms with Gasteiger partial charge in [-0.15, -0.1) is 0 Å². The van der Waals surface area contributed by atoms with Crippen molar-refractivity contribution in [3.05, 3.63) is 23.8 Å². The highest BCUT2D eigenvalue weighted by Gasteiger charge is 2.20. The van der Waals surface area contributed by atoms with Gasteiger partial charge in [-0.05, 0) is 30.5 Å². The van der Waals surface area contributed by atoms with Gasteiger partial charge in [0.2, 0.25) is 0 Å². The van der Waals surface area contributed by atoms with Gasteiger partial charge in [-0.2, -0.15) is 0 Å². The molecular weight excluding hydrogens is 274 g/mol. The zero-order chi connectivity index (χ0) is 15.2. The van der Waals surface area contributed by atoms with Crippen LogP contribution in [0.2, 0.25) is 0 Å². The van der Waals surface area contributed by atoms with Crippen LogP contribution in [0.4, 0.5) is 0 Å². The lowest BCUT2D eigenvalue weighted by atomic mass is 9.88. The first-order valence-corrected chi connectivity index (χ1v) is 7.02. The molecule has 1 aromatic rings. The Bertz CT molecular complexity index is 460. The van der Waals surface area contributed by atoms with E-state index in [9.17, 15) is 0 Å². The third-order valence-corrected chi connectivity index (χ3v) is 3.83. The van der Waals surface area contributed by atoms with Crippen LogP contribution in [0.15, 0.2) is 18.2 Å². The quantitative estimate of drug-likeness (QED) is 0.570. The average molecular weight is 297 g/mol. The summed E-state index contributed by atoms with van der Waals surface area (Å²) in [5.74, 6) is 1.31. The second kappa shape index (κ2) is 7.45. The van der Waals surface area contributed by atoms with E-state index in [1.807, 2.05) is 26.0 Å². The van der Waals surface area contributed by atoms with Crippen molar-refractivity contribution in [1.82, 2.24) is 0 Å². The molecular formula is C15H23NO3S. The topological polar surface area (TPSA) is 64.7 Å². The van der Waals surface area contributed by atoms with Crippen molar-refractivity contribution in [1.29, 1.82) is 0 Å². The summed E-state index contributed by atoms with van der Waals surface area (Å²) in [6, 6.07) is 5.40. The molecule has 4 nitrogen and oxygen atoms in total. The molecule has 0 spiro atoms. The molecule has 0 fully saturated rings. The first kappa shape index (κ1) is 16.7. The van der Waals surface area contributed by atoms with Gasteiger partial charge in [0, 0.05) is 5.41 Å². The Morgan fingerprint density at radius 1 is 1.35 bits per heavy atom. The summed E-state index contributed by atoms with van der Waals surface area (Å²) in [7, 11) is 1.58. The third-order valence-electron chi connectivity index (χ3n) is 3.28. The fourth-order valence-corrected chi connectivity index (χ4v) is 1.85. The molecule has 0 aromatic heterocycles. The van der Waals surface area contributed by atoms with Crippen LogP contribution in [-0.4, -0.2) is 23.8 Å². The molecule has 5 heteroatoms. The van der Waals surface area contributed by atoms with Gasteiger partial charge >= 0.3 is 0 Å². The third kappa shape index (κ3) is 4.65. The zero-order valence-corrected chi connectivity index (χ0v) is 13.1. The van der Waals surface area contributed by atoms with Crippen LogP contribution in [0.3, 0.4) is 0 Å². The largest absolute Gasteiger partial charge is 0.493 e. The van der Waals surface area contributed by atoms with E-state index in [0.717, 1.165) is 18.4 Å². The van der Waals surface area contributed by atoms with Crippen LogP contribution in [0.25, 0.3) is 0 Å². The summed E-state index contributed by atoms with van der Waals surface area (Å²) in [6.07, 6.45) is 1.73. The van der Waals surface area contributed by atoms with E-state index < -0.39 is 0 Å². The monoisotopic (exact) mass is 297 g/mol. The second-order valence-corrected chi connectivity index (χ2v) is 5.78. The number of hydrogen-bond donors (Lipinski definition) is 2. The maximum Gasteiger partial charge on any atom is 0.161 e. The van der Waals surface area contributed by atoms with Gasteiger partial charge in [-0.25, -0.2) is 0 Å². The summed E-state index contributed by atoms with van der Waals surface area (Å²) in [4.78, 5) is 0.530. The molecule has 0 bridgehead atoms. The lowest BCUT2D eigenvalue weighted by molar-refractivity contribution is 0.268. The lowest BCUT2D eigenvalue weighted by Crippen LogP contribution is -2.30. The molecule has 3 N–H and O–H groups in total. The van der Waals surface area contributed by atoms with E-state index >= 15 is 0 Å². The standard InChI is InChI=1S/C15H23NO3S/c1-15(2,14(16)20)7-4-8-19-12-6-5-11(10-17)9-13(12)18-3/h5-6,9,17H,4,7-8,10H2,1-3H3,(H2,16,20). The van der Waals surface area contributed by atoms with Gasteiger partial charge < -0.3 is 20.3 Å². The van der Waals surface area contributed by atoms with E-state index in [2.05, 4.69) is 0 Å². The SMILES string of the molecule is COc1cc(CO)ccc1OCCCC(C)(C)C(N)=S. The highest BCUT2D eigenvalue weighted by Crippen LogP contribution is 2.29. The van der Waals surface area contributed by atoms with Crippen LogP contribution in [0.1, 0.15) is 32.3 Å². The Hall–Kier alpha value is -1.33. The van der Waals surface area contributed by atoms with Gasteiger partial charge in [0.1, 0.15) is 0 Å². The van der Waals surface area contributed by atoms with Crippen LogP contribution in [0, 0.1) is 5.41 Å². The molecule has 0 amide bonds. The van der Waals surface area contributed by atoms with E-state index in [1.54, 1.807) is 13.2 Å². The number of thiocarbonyl (C=S) groups is 1. The molecule has 0 aliphatic heterocycles. The van der Waals surface area contributed by atoms with Crippen molar-refractivity contribution in [2.45, 2.75) is 33.3 Å². The Labute approximate surface area is 125 Å². The van der Waals surface area contributed by atoms with E-state index in [-0.39, 0.29) is 12.0 Å². The lowest BCUT2D eigenvalue weighted by Gasteiger charge is -2.22. The molecule has 1 aromatic carbocycles. The van der Waals surface area contributed by atoms with Gasteiger partial charge in [0.25, 0.3) is 0 Å². The smallest absolute Gasteiger partial charge is 0.161 e.